The van der Waals surface area contributed by atoms with Crippen molar-refractivity contribution in [2.45, 2.75) is 11.2 Å². The summed E-state index contributed by atoms with van der Waals surface area (Å²) in [7, 11) is 0. The normalized spacial score (nSPS) is 12.5. The highest BCUT2D eigenvalue weighted by molar-refractivity contribution is 9.09. The van der Waals surface area contributed by atoms with Gasteiger partial charge in [-0.05, 0) is 30.2 Å². The van der Waals surface area contributed by atoms with E-state index in [0.29, 0.717) is 22.0 Å². The molecule has 2 aromatic rings. The Bertz CT molecular complexity index is 601. The lowest BCUT2D eigenvalue weighted by Crippen LogP contribution is -1.99. The molecule has 0 aliphatic rings. The summed E-state index contributed by atoms with van der Waals surface area (Å²) in [5.41, 5.74) is 1.49. The molecule has 2 aromatic carbocycles. The largest absolute Gasteiger partial charge is 0.205 e. The van der Waals surface area contributed by atoms with E-state index in [0.717, 1.165) is 5.56 Å². The standard InChI is InChI=1S/C14H9BrCl3F/c15-10(9-2-1-3-12(17)14(9)19)6-8-4-5-11(16)13(18)7-8/h1-5,7,10H,6H2. The summed E-state index contributed by atoms with van der Waals surface area (Å²) >= 11 is 21.1. The van der Waals surface area contributed by atoms with Crippen LogP contribution in [0.2, 0.25) is 15.1 Å². The maximum Gasteiger partial charge on any atom is 0.146 e. The minimum atomic E-state index is -0.397. The van der Waals surface area contributed by atoms with Crippen molar-refractivity contribution in [3.8, 4) is 0 Å². The minimum Gasteiger partial charge on any atom is -0.205 e. The first-order valence-corrected chi connectivity index (χ1v) is 7.56. The Hall–Kier alpha value is -0.280. The van der Waals surface area contributed by atoms with Gasteiger partial charge in [-0.15, -0.1) is 0 Å². The number of benzene rings is 2. The molecule has 5 heteroatoms. The first-order chi connectivity index (χ1) is 8.99. The molecular formula is C14H9BrCl3F. The lowest BCUT2D eigenvalue weighted by Gasteiger charge is -2.12. The van der Waals surface area contributed by atoms with Crippen LogP contribution in [-0.2, 0) is 6.42 Å². The average molecular weight is 382 g/mol. The minimum absolute atomic E-state index is 0.121. The van der Waals surface area contributed by atoms with E-state index in [2.05, 4.69) is 15.9 Å². The molecule has 0 N–H and O–H groups in total. The molecule has 0 amide bonds. The van der Waals surface area contributed by atoms with Crippen molar-refractivity contribution >= 4 is 50.7 Å². The van der Waals surface area contributed by atoms with Crippen molar-refractivity contribution in [3.05, 3.63) is 68.4 Å². The van der Waals surface area contributed by atoms with Gasteiger partial charge in [0.2, 0.25) is 0 Å². The van der Waals surface area contributed by atoms with E-state index in [1.807, 2.05) is 6.07 Å². The quantitative estimate of drug-likeness (QED) is 0.534. The molecule has 100 valence electrons. The van der Waals surface area contributed by atoms with Gasteiger partial charge >= 0.3 is 0 Å². The average Bonchev–Trinajstić information content (AvgIpc) is 2.37. The summed E-state index contributed by atoms with van der Waals surface area (Å²) in [4.78, 5) is -0.177. The molecule has 0 fully saturated rings. The SMILES string of the molecule is Fc1c(Cl)cccc1C(Br)Cc1ccc(Cl)c(Cl)c1. The van der Waals surface area contributed by atoms with Gasteiger partial charge in [0.05, 0.1) is 15.1 Å². The van der Waals surface area contributed by atoms with Gasteiger partial charge in [0.15, 0.2) is 0 Å². The van der Waals surface area contributed by atoms with Gasteiger partial charge in [0, 0.05) is 10.4 Å². The van der Waals surface area contributed by atoms with E-state index in [-0.39, 0.29) is 9.85 Å². The zero-order chi connectivity index (χ0) is 14.0. The van der Waals surface area contributed by atoms with Crippen molar-refractivity contribution in [2.24, 2.45) is 0 Å². The van der Waals surface area contributed by atoms with Crippen LogP contribution in [0.15, 0.2) is 36.4 Å². The predicted octanol–water partition coefficient (Wildman–Crippen LogP) is 6.46. The highest BCUT2D eigenvalue weighted by atomic mass is 79.9. The first-order valence-electron chi connectivity index (χ1n) is 5.51. The van der Waals surface area contributed by atoms with E-state index in [1.165, 1.54) is 6.07 Å². The molecule has 0 saturated heterocycles. The van der Waals surface area contributed by atoms with Gasteiger partial charge in [-0.25, -0.2) is 4.39 Å². The fourth-order valence-corrected chi connectivity index (χ4v) is 2.98. The van der Waals surface area contributed by atoms with E-state index in [4.69, 9.17) is 34.8 Å². The van der Waals surface area contributed by atoms with Crippen LogP contribution < -0.4 is 0 Å². The molecule has 0 spiro atoms. The molecule has 0 aromatic heterocycles. The Morgan fingerprint density at radius 3 is 2.42 bits per heavy atom. The van der Waals surface area contributed by atoms with Crippen LogP contribution in [0.5, 0.6) is 0 Å². The van der Waals surface area contributed by atoms with E-state index < -0.39 is 5.82 Å². The molecule has 2 rings (SSSR count). The van der Waals surface area contributed by atoms with Gasteiger partial charge in [0.1, 0.15) is 5.82 Å². The second kappa shape index (κ2) is 6.45. The Labute approximate surface area is 134 Å². The van der Waals surface area contributed by atoms with Crippen molar-refractivity contribution in [1.82, 2.24) is 0 Å². The van der Waals surface area contributed by atoms with Gasteiger partial charge in [-0.1, -0.05) is 68.9 Å². The summed E-state index contributed by atoms with van der Waals surface area (Å²) in [5, 5.41) is 1.12. The van der Waals surface area contributed by atoms with E-state index in [1.54, 1.807) is 24.3 Å². The Balaban J connectivity index is 2.23. The molecule has 1 unspecified atom stereocenters. The summed E-state index contributed by atoms with van der Waals surface area (Å²) in [6.07, 6.45) is 0.591. The van der Waals surface area contributed by atoms with Crippen LogP contribution >= 0.6 is 50.7 Å². The Morgan fingerprint density at radius 1 is 1.00 bits per heavy atom. The van der Waals surface area contributed by atoms with Gasteiger partial charge in [0.25, 0.3) is 0 Å². The Morgan fingerprint density at radius 2 is 1.74 bits per heavy atom. The zero-order valence-corrected chi connectivity index (χ0v) is 13.5. The topological polar surface area (TPSA) is 0 Å². The maximum absolute atomic E-state index is 13.9. The van der Waals surface area contributed by atoms with Gasteiger partial charge in [-0.3, -0.25) is 0 Å². The molecule has 1 atom stereocenters. The van der Waals surface area contributed by atoms with E-state index in [9.17, 15) is 4.39 Å². The number of rotatable bonds is 3. The molecule has 0 bridgehead atoms. The van der Waals surface area contributed by atoms with Crippen molar-refractivity contribution < 1.29 is 4.39 Å². The lowest BCUT2D eigenvalue weighted by molar-refractivity contribution is 0.608. The van der Waals surface area contributed by atoms with Crippen LogP contribution in [-0.4, -0.2) is 0 Å². The van der Waals surface area contributed by atoms with Gasteiger partial charge in [-0.2, -0.15) is 0 Å². The van der Waals surface area contributed by atoms with Crippen LogP contribution in [0.3, 0.4) is 0 Å². The third-order valence-corrected chi connectivity index (χ3v) is 4.57. The van der Waals surface area contributed by atoms with Crippen LogP contribution in [0.25, 0.3) is 0 Å². The molecule has 0 radical (unpaired) electrons. The lowest BCUT2D eigenvalue weighted by atomic mass is 10.0. The van der Waals surface area contributed by atoms with Crippen LogP contribution in [0.1, 0.15) is 16.0 Å². The highest BCUT2D eigenvalue weighted by Crippen LogP contribution is 2.33. The molecular weight excluding hydrogens is 373 g/mol. The number of hydrogen-bond acceptors (Lipinski definition) is 0. The zero-order valence-electron chi connectivity index (χ0n) is 9.64. The number of hydrogen-bond donors (Lipinski definition) is 0. The third kappa shape index (κ3) is 3.63. The predicted molar refractivity (Wildman–Crippen MR) is 83.2 cm³/mol. The summed E-state index contributed by atoms with van der Waals surface area (Å²) in [6.45, 7) is 0. The van der Waals surface area contributed by atoms with Crippen LogP contribution in [0.4, 0.5) is 4.39 Å². The second-order valence-corrected chi connectivity index (χ2v) is 6.39. The van der Waals surface area contributed by atoms with E-state index >= 15 is 0 Å². The third-order valence-electron chi connectivity index (χ3n) is 2.72. The summed E-state index contributed by atoms with van der Waals surface area (Å²) < 4.78 is 13.9. The fraction of sp³-hybridized carbons (Fsp3) is 0.143. The smallest absolute Gasteiger partial charge is 0.146 e. The molecule has 0 heterocycles. The monoisotopic (exact) mass is 380 g/mol. The molecule has 19 heavy (non-hydrogen) atoms. The summed E-state index contributed by atoms with van der Waals surface area (Å²) in [6, 6.07) is 10.3. The summed E-state index contributed by atoms with van der Waals surface area (Å²) in [5.74, 6) is -0.397. The molecule has 0 nitrogen and oxygen atoms in total. The number of alkyl halides is 1. The van der Waals surface area contributed by atoms with Crippen molar-refractivity contribution in [1.29, 1.82) is 0 Å². The molecule has 0 aliphatic heterocycles. The highest BCUT2D eigenvalue weighted by Gasteiger charge is 2.15. The van der Waals surface area contributed by atoms with Crippen LogP contribution in [0, 0.1) is 5.82 Å². The Kier molecular flexibility index (Phi) is 5.13. The van der Waals surface area contributed by atoms with Gasteiger partial charge < -0.3 is 0 Å². The number of halogens is 5. The fourth-order valence-electron chi connectivity index (χ4n) is 1.75. The second-order valence-electron chi connectivity index (χ2n) is 4.06. The first kappa shape index (κ1) is 15.1. The van der Waals surface area contributed by atoms with Crippen molar-refractivity contribution in [3.63, 3.8) is 0 Å². The van der Waals surface area contributed by atoms with Crippen molar-refractivity contribution in [2.75, 3.05) is 0 Å². The molecule has 0 aliphatic carbocycles. The molecule has 0 saturated carbocycles. The maximum atomic E-state index is 13.9.